The summed E-state index contributed by atoms with van der Waals surface area (Å²) in [4.78, 5) is 0. The van der Waals surface area contributed by atoms with E-state index in [1.54, 1.807) is 16.7 Å². The monoisotopic (exact) mass is 526 g/mol. The molecule has 0 N–H and O–H groups in total. The second kappa shape index (κ2) is 9.03. The maximum atomic E-state index is 2.45. The smallest absolute Gasteiger partial charge is 0.196 e. The van der Waals surface area contributed by atoms with Crippen molar-refractivity contribution in [3.63, 3.8) is 0 Å². The van der Waals surface area contributed by atoms with Gasteiger partial charge in [-0.1, -0.05) is 71.9 Å². The summed E-state index contributed by atoms with van der Waals surface area (Å²) in [5, 5.41) is 2.96. The first kappa shape index (κ1) is 22.3. The molecule has 1 aliphatic rings. The number of benzene rings is 1. The van der Waals surface area contributed by atoms with Crippen molar-refractivity contribution in [2.24, 2.45) is 5.92 Å². The van der Waals surface area contributed by atoms with E-state index in [1.807, 2.05) is 0 Å². The van der Waals surface area contributed by atoms with Crippen LogP contribution in [0.1, 0.15) is 64.8 Å². The molecule has 0 saturated carbocycles. The molecule has 0 atom stereocenters. The SMILES string of the molecule is CC(C)C[c-]1ccc2cc3c(cc21)CCC3.Cc1c(C)c(C)[c-](C)c1C.[Hf+4]. The molecule has 0 aromatic heterocycles. The van der Waals surface area contributed by atoms with Crippen LogP contribution in [0.2, 0.25) is 0 Å². The van der Waals surface area contributed by atoms with Crippen molar-refractivity contribution >= 4 is 10.8 Å². The Morgan fingerprint density at radius 3 is 1.96 bits per heavy atom. The third-order valence-electron chi connectivity index (χ3n) is 6.51. The van der Waals surface area contributed by atoms with E-state index in [9.17, 15) is 0 Å². The van der Waals surface area contributed by atoms with Gasteiger partial charge in [0.25, 0.3) is 0 Å². The van der Waals surface area contributed by atoms with Gasteiger partial charge in [0, 0.05) is 0 Å². The quantitative estimate of drug-likeness (QED) is 0.246. The van der Waals surface area contributed by atoms with Crippen molar-refractivity contribution in [2.75, 3.05) is 0 Å². The van der Waals surface area contributed by atoms with E-state index in [2.05, 4.69) is 72.7 Å². The molecule has 27 heavy (non-hydrogen) atoms. The zero-order chi connectivity index (χ0) is 19.0. The fourth-order valence-corrected chi connectivity index (χ4v) is 4.36. The molecular weight excluding hydrogens is 491 g/mol. The summed E-state index contributed by atoms with van der Waals surface area (Å²) in [6.45, 7) is 15.6. The molecule has 0 bridgehead atoms. The van der Waals surface area contributed by atoms with Gasteiger partial charge in [0.05, 0.1) is 0 Å². The molecule has 0 nitrogen and oxygen atoms in total. The number of rotatable bonds is 2. The normalized spacial score (nSPS) is 12.7. The number of hydrogen-bond acceptors (Lipinski definition) is 0. The summed E-state index contributed by atoms with van der Waals surface area (Å²) in [5.41, 5.74) is 12.1. The molecule has 4 rings (SSSR count). The third-order valence-corrected chi connectivity index (χ3v) is 6.51. The summed E-state index contributed by atoms with van der Waals surface area (Å²) < 4.78 is 0. The Hall–Kier alpha value is -0.950. The first-order valence-corrected chi connectivity index (χ1v) is 10.2. The molecule has 3 aromatic carbocycles. The molecule has 0 heterocycles. The van der Waals surface area contributed by atoms with Crippen molar-refractivity contribution in [3.05, 3.63) is 68.8 Å². The van der Waals surface area contributed by atoms with Crippen LogP contribution in [0.25, 0.3) is 10.8 Å². The van der Waals surface area contributed by atoms with Gasteiger partial charge in [-0.05, 0) is 19.3 Å². The van der Waals surface area contributed by atoms with Crippen molar-refractivity contribution in [1.29, 1.82) is 0 Å². The van der Waals surface area contributed by atoms with Crippen LogP contribution in [0, 0.1) is 40.5 Å². The number of aryl methyl sites for hydroxylation is 2. The second-order valence-electron chi connectivity index (χ2n) is 8.64. The van der Waals surface area contributed by atoms with Gasteiger partial charge in [-0.3, -0.25) is 0 Å². The fraction of sp³-hybridized carbons (Fsp3) is 0.462. The first-order valence-electron chi connectivity index (χ1n) is 10.2. The van der Waals surface area contributed by atoms with E-state index in [-0.39, 0.29) is 25.8 Å². The standard InChI is InChI=1S/C16H19.C10H15.Hf/c1-11(2)8-14-6-7-15-9-12-4-3-5-13(12)10-16(14)15;1-6-7(2)9(4)10(5)8(6)3;/h6-7,9-11H,3-5,8H2,1-2H3;1-5H3;/q2*-1;+4. The van der Waals surface area contributed by atoms with Gasteiger partial charge in [-0.2, -0.15) is 33.9 Å². The molecule has 0 unspecified atom stereocenters. The molecule has 0 radical (unpaired) electrons. The van der Waals surface area contributed by atoms with Crippen LogP contribution < -0.4 is 0 Å². The average molecular weight is 525 g/mol. The zero-order valence-corrected chi connectivity index (χ0v) is 21.8. The van der Waals surface area contributed by atoms with Crippen LogP contribution >= 0.6 is 0 Å². The Morgan fingerprint density at radius 1 is 0.926 bits per heavy atom. The Balaban J connectivity index is 0.000000208. The van der Waals surface area contributed by atoms with Crippen LogP contribution in [0.3, 0.4) is 0 Å². The van der Waals surface area contributed by atoms with E-state index in [1.165, 1.54) is 64.3 Å². The molecule has 0 aliphatic heterocycles. The zero-order valence-electron chi connectivity index (χ0n) is 18.2. The van der Waals surface area contributed by atoms with Crippen LogP contribution in [0.5, 0.6) is 0 Å². The maximum Gasteiger partial charge on any atom is 4.00 e. The Labute approximate surface area is 184 Å². The Bertz CT molecular complexity index is 837. The van der Waals surface area contributed by atoms with Crippen LogP contribution in [0.4, 0.5) is 0 Å². The summed E-state index contributed by atoms with van der Waals surface area (Å²) >= 11 is 0. The van der Waals surface area contributed by atoms with E-state index in [0.29, 0.717) is 0 Å². The van der Waals surface area contributed by atoms with Gasteiger partial charge in [0.15, 0.2) is 0 Å². The minimum atomic E-state index is 0. The van der Waals surface area contributed by atoms with Crippen LogP contribution in [0.15, 0.2) is 24.3 Å². The van der Waals surface area contributed by atoms with E-state index in [4.69, 9.17) is 0 Å². The van der Waals surface area contributed by atoms with Crippen molar-refractivity contribution in [3.8, 4) is 0 Å². The minimum absolute atomic E-state index is 0. The predicted molar refractivity (Wildman–Crippen MR) is 116 cm³/mol. The van der Waals surface area contributed by atoms with Crippen LogP contribution in [-0.2, 0) is 45.1 Å². The summed E-state index contributed by atoms with van der Waals surface area (Å²) in [6.07, 6.45) is 5.14. The van der Waals surface area contributed by atoms with E-state index >= 15 is 0 Å². The van der Waals surface area contributed by atoms with Gasteiger partial charge in [0.1, 0.15) is 0 Å². The van der Waals surface area contributed by atoms with Gasteiger partial charge >= 0.3 is 25.8 Å². The average Bonchev–Trinajstić information content (AvgIpc) is 3.26. The molecule has 0 amide bonds. The second-order valence-corrected chi connectivity index (χ2v) is 8.64. The van der Waals surface area contributed by atoms with Crippen molar-refractivity contribution < 1.29 is 25.8 Å². The van der Waals surface area contributed by atoms with Gasteiger partial charge < -0.3 is 0 Å². The van der Waals surface area contributed by atoms with E-state index < -0.39 is 0 Å². The van der Waals surface area contributed by atoms with Crippen LogP contribution in [-0.4, -0.2) is 0 Å². The molecule has 1 heteroatoms. The largest absolute Gasteiger partial charge is 4.00 e. The topological polar surface area (TPSA) is 0 Å². The molecule has 0 spiro atoms. The molecule has 1 aliphatic carbocycles. The Kier molecular flexibility index (Phi) is 7.47. The molecule has 0 fully saturated rings. The summed E-state index contributed by atoms with van der Waals surface area (Å²) in [6, 6.07) is 9.49. The fourth-order valence-electron chi connectivity index (χ4n) is 4.36. The maximum absolute atomic E-state index is 2.45. The third kappa shape index (κ3) is 4.56. The van der Waals surface area contributed by atoms with Gasteiger partial charge in [-0.25, -0.2) is 0 Å². The summed E-state index contributed by atoms with van der Waals surface area (Å²) in [7, 11) is 0. The van der Waals surface area contributed by atoms with Crippen molar-refractivity contribution in [1.82, 2.24) is 0 Å². The number of fused-ring (bicyclic) bond motifs is 2. The number of hydrogen-bond donors (Lipinski definition) is 0. The summed E-state index contributed by atoms with van der Waals surface area (Å²) in [5.74, 6) is 0.749. The predicted octanol–water partition coefficient (Wildman–Crippen LogP) is 7.19. The van der Waals surface area contributed by atoms with E-state index in [0.717, 1.165) is 5.92 Å². The molecule has 0 saturated heterocycles. The first-order chi connectivity index (χ1) is 12.3. The molecule has 3 aromatic rings. The Morgan fingerprint density at radius 2 is 1.48 bits per heavy atom. The van der Waals surface area contributed by atoms with Crippen molar-refractivity contribution in [2.45, 2.75) is 74.1 Å². The van der Waals surface area contributed by atoms with Gasteiger partial charge in [0.2, 0.25) is 0 Å². The minimum Gasteiger partial charge on any atom is -0.196 e. The van der Waals surface area contributed by atoms with Gasteiger partial charge in [-0.15, -0.1) is 34.5 Å². The molecule has 140 valence electrons. The molecular formula is C26H34Hf+2.